The van der Waals surface area contributed by atoms with E-state index in [0.717, 1.165) is 16.8 Å². The molecule has 0 atom stereocenters. The van der Waals surface area contributed by atoms with Gasteiger partial charge in [-0.3, -0.25) is 0 Å². The van der Waals surface area contributed by atoms with Crippen LogP contribution in [0, 0.1) is 12.7 Å². The molecule has 0 fully saturated rings. The van der Waals surface area contributed by atoms with Crippen LogP contribution in [0.25, 0.3) is 0 Å². The second kappa shape index (κ2) is 5.26. The quantitative estimate of drug-likeness (QED) is 0.918. The van der Waals surface area contributed by atoms with Gasteiger partial charge in [0.2, 0.25) is 0 Å². The molecule has 0 saturated heterocycles. The van der Waals surface area contributed by atoms with Crippen molar-refractivity contribution in [3.63, 3.8) is 0 Å². The maximum absolute atomic E-state index is 13.2. The molecular formula is C15H16FNO2. The van der Waals surface area contributed by atoms with Crippen molar-refractivity contribution < 1.29 is 14.3 Å². The van der Waals surface area contributed by atoms with Crippen molar-refractivity contribution in [2.45, 2.75) is 26.8 Å². The summed E-state index contributed by atoms with van der Waals surface area (Å²) in [4.78, 5) is 11.4. The summed E-state index contributed by atoms with van der Waals surface area (Å²) in [5, 5.41) is 9.33. The molecule has 0 radical (unpaired) electrons. The van der Waals surface area contributed by atoms with Gasteiger partial charge in [0.25, 0.3) is 0 Å². The average molecular weight is 261 g/mol. The highest BCUT2D eigenvalue weighted by molar-refractivity contribution is 5.88. The van der Waals surface area contributed by atoms with Gasteiger partial charge < -0.3 is 9.67 Å². The van der Waals surface area contributed by atoms with Gasteiger partial charge in [-0.05, 0) is 42.7 Å². The Morgan fingerprint density at radius 2 is 2.11 bits per heavy atom. The number of carboxylic acids is 1. The van der Waals surface area contributed by atoms with Crippen LogP contribution in [-0.4, -0.2) is 15.6 Å². The van der Waals surface area contributed by atoms with Crippen LogP contribution in [0.5, 0.6) is 0 Å². The summed E-state index contributed by atoms with van der Waals surface area (Å²) in [5.41, 5.74) is 2.73. The second-order valence-corrected chi connectivity index (χ2v) is 4.53. The number of halogens is 1. The van der Waals surface area contributed by atoms with Gasteiger partial charge in [-0.25, -0.2) is 9.18 Å². The van der Waals surface area contributed by atoms with E-state index in [1.807, 2.05) is 19.9 Å². The third-order valence-corrected chi connectivity index (χ3v) is 3.20. The SMILES string of the molecule is CCc1cc(C)n(Cc2cccc(F)c2)c1C(=O)O. The van der Waals surface area contributed by atoms with E-state index in [1.54, 1.807) is 16.7 Å². The Balaban J connectivity index is 2.45. The first-order valence-electron chi connectivity index (χ1n) is 6.19. The van der Waals surface area contributed by atoms with E-state index < -0.39 is 5.97 Å². The van der Waals surface area contributed by atoms with Crippen molar-refractivity contribution in [2.24, 2.45) is 0 Å². The maximum atomic E-state index is 13.2. The molecule has 100 valence electrons. The standard InChI is InChI=1S/C15H16FNO2/c1-3-12-7-10(2)17(14(12)15(18)19)9-11-5-4-6-13(16)8-11/h4-8H,3,9H2,1-2H3,(H,18,19). The van der Waals surface area contributed by atoms with E-state index in [9.17, 15) is 14.3 Å². The smallest absolute Gasteiger partial charge is 0.352 e. The maximum Gasteiger partial charge on any atom is 0.352 e. The van der Waals surface area contributed by atoms with Crippen LogP contribution in [0.15, 0.2) is 30.3 Å². The lowest BCUT2D eigenvalue weighted by atomic mass is 10.2. The molecule has 2 aromatic rings. The van der Waals surface area contributed by atoms with Gasteiger partial charge in [0, 0.05) is 12.2 Å². The van der Waals surface area contributed by atoms with E-state index in [4.69, 9.17) is 0 Å². The van der Waals surface area contributed by atoms with E-state index in [1.165, 1.54) is 12.1 Å². The van der Waals surface area contributed by atoms with Gasteiger partial charge in [0.1, 0.15) is 11.5 Å². The summed E-state index contributed by atoms with van der Waals surface area (Å²) < 4.78 is 14.9. The first kappa shape index (κ1) is 13.3. The van der Waals surface area contributed by atoms with Crippen LogP contribution in [0.3, 0.4) is 0 Å². The number of nitrogens with zero attached hydrogens (tertiary/aromatic N) is 1. The van der Waals surface area contributed by atoms with Crippen LogP contribution >= 0.6 is 0 Å². The molecular weight excluding hydrogens is 245 g/mol. The average Bonchev–Trinajstić information content (AvgIpc) is 2.66. The number of aromatic carboxylic acids is 1. The molecule has 19 heavy (non-hydrogen) atoms. The molecule has 4 heteroatoms. The lowest BCUT2D eigenvalue weighted by Gasteiger charge is -2.10. The van der Waals surface area contributed by atoms with Crippen molar-refractivity contribution in [3.05, 3.63) is 58.7 Å². The molecule has 1 heterocycles. The van der Waals surface area contributed by atoms with Crippen molar-refractivity contribution in [1.82, 2.24) is 4.57 Å². The Labute approximate surface area is 111 Å². The number of carbonyl (C=O) groups is 1. The fraction of sp³-hybridized carbons (Fsp3) is 0.267. The summed E-state index contributed by atoms with van der Waals surface area (Å²) in [7, 11) is 0. The topological polar surface area (TPSA) is 42.2 Å². The highest BCUT2D eigenvalue weighted by Gasteiger charge is 2.17. The highest BCUT2D eigenvalue weighted by atomic mass is 19.1. The van der Waals surface area contributed by atoms with Gasteiger partial charge >= 0.3 is 5.97 Å². The van der Waals surface area contributed by atoms with Crippen molar-refractivity contribution in [1.29, 1.82) is 0 Å². The molecule has 0 spiro atoms. The van der Waals surface area contributed by atoms with Crippen molar-refractivity contribution in [3.8, 4) is 0 Å². The number of hydrogen-bond acceptors (Lipinski definition) is 1. The number of rotatable bonds is 4. The van der Waals surface area contributed by atoms with Crippen LogP contribution < -0.4 is 0 Å². The Morgan fingerprint density at radius 1 is 1.37 bits per heavy atom. The Kier molecular flexibility index (Phi) is 3.69. The van der Waals surface area contributed by atoms with E-state index in [-0.39, 0.29) is 5.82 Å². The lowest BCUT2D eigenvalue weighted by Crippen LogP contribution is -2.12. The number of aromatic nitrogens is 1. The van der Waals surface area contributed by atoms with Crippen LogP contribution in [0.1, 0.15) is 34.2 Å². The molecule has 1 aromatic carbocycles. The normalized spacial score (nSPS) is 10.7. The van der Waals surface area contributed by atoms with Crippen LogP contribution in [0.4, 0.5) is 4.39 Å². The van der Waals surface area contributed by atoms with Gasteiger partial charge in [-0.2, -0.15) is 0 Å². The number of aryl methyl sites for hydroxylation is 2. The van der Waals surface area contributed by atoms with Gasteiger partial charge in [-0.1, -0.05) is 19.1 Å². The molecule has 0 aliphatic rings. The second-order valence-electron chi connectivity index (χ2n) is 4.53. The van der Waals surface area contributed by atoms with Gasteiger partial charge in [-0.15, -0.1) is 0 Å². The third-order valence-electron chi connectivity index (χ3n) is 3.20. The number of carboxylic acid groups (broad SMARTS) is 1. The fourth-order valence-electron chi connectivity index (χ4n) is 2.29. The molecule has 1 N–H and O–H groups in total. The minimum Gasteiger partial charge on any atom is -0.477 e. The largest absolute Gasteiger partial charge is 0.477 e. The van der Waals surface area contributed by atoms with Crippen LogP contribution in [0.2, 0.25) is 0 Å². The summed E-state index contributed by atoms with van der Waals surface area (Å²) >= 11 is 0. The third kappa shape index (κ3) is 2.67. The Bertz CT molecular complexity index is 617. The zero-order chi connectivity index (χ0) is 14.0. The Morgan fingerprint density at radius 3 is 2.68 bits per heavy atom. The van der Waals surface area contributed by atoms with Crippen molar-refractivity contribution in [2.75, 3.05) is 0 Å². The van der Waals surface area contributed by atoms with E-state index in [0.29, 0.717) is 18.7 Å². The zero-order valence-corrected chi connectivity index (χ0v) is 11.0. The monoisotopic (exact) mass is 261 g/mol. The predicted molar refractivity (Wildman–Crippen MR) is 71.0 cm³/mol. The number of benzene rings is 1. The molecule has 0 bridgehead atoms. The summed E-state index contributed by atoms with van der Waals surface area (Å²) in [5.74, 6) is -1.25. The highest BCUT2D eigenvalue weighted by Crippen LogP contribution is 2.19. The Hall–Kier alpha value is -2.10. The predicted octanol–water partition coefficient (Wildman–Crippen LogP) is 3.24. The summed E-state index contributed by atoms with van der Waals surface area (Å²) in [6.07, 6.45) is 0.665. The zero-order valence-electron chi connectivity index (χ0n) is 11.0. The molecule has 0 aliphatic heterocycles. The van der Waals surface area contributed by atoms with E-state index in [2.05, 4.69) is 0 Å². The van der Waals surface area contributed by atoms with E-state index >= 15 is 0 Å². The first-order chi connectivity index (χ1) is 9.02. The minimum absolute atomic E-state index is 0.296. The van der Waals surface area contributed by atoms with Gasteiger partial charge in [0.15, 0.2) is 0 Å². The molecule has 0 unspecified atom stereocenters. The summed E-state index contributed by atoms with van der Waals surface area (Å²) in [6, 6.07) is 8.10. The number of hydrogen-bond donors (Lipinski definition) is 1. The lowest BCUT2D eigenvalue weighted by molar-refractivity contribution is 0.0684. The van der Waals surface area contributed by atoms with Gasteiger partial charge in [0.05, 0.1) is 0 Å². The minimum atomic E-state index is -0.943. The molecule has 3 nitrogen and oxygen atoms in total. The fourth-order valence-corrected chi connectivity index (χ4v) is 2.29. The molecule has 0 saturated carbocycles. The van der Waals surface area contributed by atoms with Crippen LogP contribution in [-0.2, 0) is 13.0 Å². The molecule has 1 aromatic heterocycles. The first-order valence-corrected chi connectivity index (χ1v) is 6.19. The summed E-state index contributed by atoms with van der Waals surface area (Å²) in [6.45, 7) is 4.16. The molecule has 0 amide bonds. The molecule has 2 rings (SSSR count). The molecule has 0 aliphatic carbocycles. The van der Waals surface area contributed by atoms with Crippen molar-refractivity contribution >= 4 is 5.97 Å².